The first-order valence-corrected chi connectivity index (χ1v) is 3.93. The normalized spacial score (nSPS) is 9.64. The van der Waals surface area contributed by atoms with Crippen LogP contribution < -0.4 is 0 Å². The molecule has 0 spiro atoms. The lowest BCUT2D eigenvalue weighted by Crippen LogP contribution is -1.83. The predicted molar refractivity (Wildman–Crippen MR) is 48.5 cm³/mol. The van der Waals surface area contributed by atoms with Crippen molar-refractivity contribution in [2.24, 2.45) is 0 Å². The van der Waals surface area contributed by atoms with E-state index in [9.17, 15) is 4.79 Å². The van der Waals surface area contributed by atoms with Crippen LogP contribution in [-0.4, -0.2) is 21.5 Å². The van der Waals surface area contributed by atoms with Gasteiger partial charge in [-0.1, -0.05) is 0 Å². The number of rotatable bonds is 2. The molecule has 5 nitrogen and oxygen atoms in total. The maximum atomic E-state index is 10.6. The molecule has 0 aliphatic carbocycles. The van der Waals surface area contributed by atoms with E-state index in [1.165, 1.54) is 6.20 Å². The quantitative estimate of drug-likeness (QED) is 0.688. The predicted octanol–water partition coefficient (Wildman–Crippen LogP) is 1.09. The molecule has 0 aliphatic rings. The van der Waals surface area contributed by atoms with Gasteiger partial charge in [0.15, 0.2) is 6.29 Å². The molecule has 2 aromatic heterocycles. The van der Waals surface area contributed by atoms with Gasteiger partial charge in [0.2, 0.25) is 0 Å². The Kier molecular flexibility index (Phi) is 1.88. The van der Waals surface area contributed by atoms with Gasteiger partial charge in [-0.25, -0.2) is 0 Å². The first-order chi connectivity index (χ1) is 6.85. The number of hydrogen-bond donors (Lipinski definition) is 2. The number of nitriles is 1. The van der Waals surface area contributed by atoms with Crippen LogP contribution in [0.25, 0.3) is 11.4 Å². The summed E-state index contributed by atoms with van der Waals surface area (Å²) < 4.78 is 0. The lowest BCUT2D eigenvalue weighted by molar-refractivity contribution is 0.112. The maximum Gasteiger partial charge on any atom is 0.153 e. The van der Waals surface area contributed by atoms with Crippen LogP contribution in [0, 0.1) is 11.3 Å². The average molecular weight is 186 g/mol. The molecule has 0 amide bonds. The molecular weight excluding hydrogens is 180 g/mol. The summed E-state index contributed by atoms with van der Waals surface area (Å²) in [6.07, 6.45) is 3.79. The highest BCUT2D eigenvalue weighted by atomic mass is 16.1. The van der Waals surface area contributed by atoms with E-state index in [0.717, 1.165) is 0 Å². The smallest absolute Gasteiger partial charge is 0.153 e. The van der Waals surface area contributed by atoms with Crippen molar-refractivity contribution >= 4 is 6.29 Å². The number of H-pyrrole nitrogens is 2. The van der Waals surface area contributed by atoms with Crippen LogP contribution in [0.3, 0.4) is 0 Å². The van der Waals surface area contributed by atoms with Crippen LogP contribution in [0.1, 0.15) is 15.9 Å². The van der Waals surface area contributed by atoms with E-state index < -0.39 is 0 Å². The molecule has 14 heavy (non-hydrogen) atoms. The van der Waals surface area contributed by atoms with Gasteiger partial charge in [-0.15, -0.1) is 0 Å². The number of nitrogens with zero attached hydrogens (tertiary/aromatic N) is 2. The van der Waals surface area contributed by atoms with Crippen molar-refractivity contribution < 1.29 is 4.79 Å². The molecule has 0 atom stereocenters. The summed E-state index contributed by atoms with van der Waals surface area (Å²) in [7, 11) is 0. The molecule has 2 rings (SSSR count). The second kappa shape index (κ2) is 3.18. The van der Waals surface area contributed by atoms with Gasteiger partial charge < -0.3 is 4.98 Å². The van der Waals surface area contributed by atoms with Crippen LogP contribution in [0.4, 0.5) is 0 Å². The third-order valence-corrected chi connectivity index (χ3v) is 1.86. The van der Waals surface area contributed by atoms with Crippen LogP contribution >= 0.6 is 0 Å². The van der Waals surface area contributed by atoms with Crippen molar-refractivity contribution in [2.45, 2.75) is 0 Å². The molecule has 2 aromatic rings. The third-order valence-electron chi connectivity index (χ3n) is 1.86. The minimum absolute atomic E-state index is 0.469. The Labute approximate surface area is 79.4 Å². The van der Waals surface area contributed by atoms with E-state index in [1.807, 2.05) is 6.07 Å². The monoisotopic (exact) mass is 186 g/mol. The van der Waals surface area contributed by atoms with Gasteiger partial charge in [0, 0.05) is 12.4 Å². The van der Waals surface area contributed by atoms with E-state index >= 15 is 0 Å². The molecule has 0 bridgehead atoms. The zero-order valence-corrected chi connectivity index (χ0v) is 7.11. The number of carbonyl (C=O) groups is 1. The van der Waals surface area contributed by atoms with Crippen molar-refractivity contribution in [3.05, 3.63) is 29.6 Å². The largest absolute Gasteiger partial charge is 0.359 e. The summed E-state index contributed by atoms with van der Waals surface area (Å²) in [6.45, 7) is 0. The van der Waals surface area contributed by atoms with Gasteiger partial charge in [-0.05, 0) is 6.07 Å². The highest BCUT2D eigenvalue weighted by Crippen LogP contribution is 2.18. The summed E-state index contributed by atoms with van der Waals surface area (Å²) >= 11 is 0. The Balaban J connectivity index is 2.49. The molecule has 0 saturated heterocycles. The fourth-order valence-corrected chi connectivity index (χ4v) is 1.20. The number of nitrogens with one attached hydrogen (secondary N) is 2. The fourth-order valence-electron chi connectivity index (χ4n) is 1.20. The van der Waals surface area contributed by atoms with Gasteiger partial charge in [-0.2, -0.15) is 10.4 Å². The molecule has 0 unspecified atom stereocenters. The molecule has 0 radical (unpaired) electrons. The zero-order chi connectivity index (χ0) is 9.97. The Hall–Kier alpha value is -2.35. The van der Waals surface area contributed by atoms with Crippen LogP contribution in [0.15, 0.2) is 18.5 Å². The zero-order valence-electron chi connectivity index (χ0n) is 7.11. The Morgan fingerprint density at radius 1 is 1.50 bits per heavy atom. The van der Waals surface area contributed by atoms with Gasteiger partial charge in [0.25, 0.3) is 0 Å². The van der Waals surface area contributed by atoms with Crippen LogP contribution in [0.5, 0.6) is 0 Å². The first-order valence-electron chi connectivity index (χ1n) is 3.93. The van der Waals surface area contributed by atoms with Gasteiger partial charge in [0.1, 0.15) is 11.8 Å². The Morgan fingerprint density at radius 3 is 3.00 bits per heavy atom. The molecule has 0 saturated carbocycles. The van der Waals surface area contributed by atoms with Crippen molar-refractivity contribution in [3.63, 3.8) is 0 Å². The first kappa shape index (κ1) is 8.26. The number of carbonyl (C=O) groups excluding carboxylic acids is 1. The van der Waals surface area contributed by atoms with E-state index in [1.54, 1.807) is 12.3 Å². The van der Waals surface area contributed by atoms with Gasteiger partial charge >= 0.3 is 0 Å². The van der Waals surface area contributed by atoms with Gasteiger partial charge in [0.05, 0.1) is 16.8 Å². The Morgan fingerprint density at radius 2 is 2.36 bits per heavy atom. The van der Waals surface area contributed by atoms with E-state index in [0.29, 0.717) is 28.8 Å². The van der Waals surface area contributed by atoms with E-state index in [4.69, 9.17) is 5.26 Å². The Bertz CT molecular complexity index is 503. The summed E-state index contributed by atoms with van der Waals surface area (Å²) in [4.78, 5) is 13.5. The third kappa shape index (κ3) is 1.19. The number of aromatic amines is 2. The van der Waals surface area contributed by atoms with E-state index in [2.05, 4.69) is 15.2 Å². The van der Waals surface area contributed by atoms with Gasteiger partial charge in [-0.3, -0.25) is 9.89 Å². The fraction of sp³-hybridized carbons (Fsp3) is 0. The summed E-state index contributed by atoms with van der Waals surface area (Å²) in [6, 6.07) is 3.63. The molecule has 2 N–H and O–H groups in total. The molecule has 5 heteroatoms. The lowest BCUT2D eigenvalue weighted by Gasteiger charge is -1.90. The molecule has 0 fully saturated rings. The number of aldehydes is 1. The van der Waals surface area contributed by atoms with Crippen molar-refractivity contribution in [3.8, 4) is 17.5 Å². The maximum absolute atomic E-state index is 10.6. The number of hydrogen-bond acceptors (Lipinski definition) is 3. The summed E-state index contributed by atoms with van der Waals surface area (Å²) in [5.41, 5.74) is 2.17. The summed E-state index contributed by atoms with van der Waals surface area (Å²) in [5.74, 6) is 0. The standard InChI is InChI=1S/C9H6N4O/c10-2-6-1-8(11-3-6)9-7(5-14)4-12-13-9/h1,3-5,11H,(H,12,13). The van der Waals surface area contributed by atoms with Crippen molar-refractivity contribution in [2.75, 3.05) is 0 Å². The van der Waals surface area contributed by atoms with Crippen LogP contribution in [-0.2, 0) is 0 Å². The SMILES string of the molecule is N#Cc1c[nH]c(-c2n[nH]cc2C=O)c1. The molecular formula is C9H6N4O. The minimum Gasteiger partial charge on any atom is -0.359 e. The summed E-state index contributed by atoms with van der Waals surface area (Å²) in [5, 5.41) is 15.1. The molecule has 0 aliphatic heterocycles. The highest BCUT2D eigenvalue weighted by molar-refractivity contribution is 5.84. The second-order valence-electron chi connectivity index (χ2n) is 2.72. The van der Waals surface area contributed by atoms with Crippen molar-refractivity contribution in [1.82, 2.24) is 15.2 Å². The topological polar surface area (TPSA) is 85.3 Å². The number of aromatic nitrogens is 3. The van der Waals surface area contributed by atoms with Crippen molar-refractivity contribution in [1.29, 1.82) is 5.26 Å². The highest BCUT2D eigenvalue weighted by Gasteiger charge is 2.09. The second-order valence-corrected chi connectivity index (χ2v) is 2.72. The molecule has 68 valence electrons. The average Bonchev–Trinajstić information content (AvgIpc) is 2.85. The van der Waals surface area contributed by atoms with E-state index in [-0.39, 0.29) is 0 Å². The molecule has 2 heterocycles. The molecule has 0 aromatic carbocycles. The van der Waals surface area contributed by atoms with Crippen LogP contribution in [0.2, 0.25) is 0 Å². The lowest BCUT2D eigenvalue weighted by atomic mass is 10.2. The minimum atomic E-state index is 0.469.